The molecule has 3 nitrogen and oxygen atoms in total. The summed E-state index contributed by atoms with van der Waals surface area (Å²) in [6, 6.07) is 0.164. The van der Waals surface area contributed by atoms with E-state index in [9.17, 15) is 18.0 Å². The molecule has 1 N–H and O–H groups in total. The third kappa shape index (κ3) is 2.60. The van der Waals surface area contributed by atoms with E-state index in [0.29, 0.717) is 11.4 Å². The monoisotopic (exact) mass is 325 g/mol. The molecule has 1 atom stereocenters. The van der Waals surface area contributed by atoms with E-state index in [2.05, 4.69) is 15.9 Å². The standard InChI is InChI=1S/C11H11BrF3NO2/c1-5(4-12)16(2)11(18)6-3-7(13)9(15)10(17)8(6)14/h3,5,17H,4H2,1-2H3. The average molecular weight is 326 g/mol. The predicted molar refractivity (Wildman–Crippen MR) is 63.3 cm³/mol. The molecule has 1 unspecified atom stereocenters. The minimum Gasteiger partial charge on any atom is -0.503 e. The summed E-state index contributed by atoms with van der Waals surface area (Å²) < 4.78 is 39.4. The number of aromatic hydroxyl groups is 1. The van der Waals surface area contributed by atoms with Crippen LogP contribution in [0, 0.1) is 17.5 Å². The van der Waals surface area contributed by atoms with Gasteiger partial charge < -0.3 is 10.0 Å². The first kappa shape index (κ1) is 14.8. The lowest BCUT2D eigenvalue weighted by Gasteiger charge is -2.23. The molecule has 0 fully saturated rings. The Bertz CT molecular complexity index is 482. The molecule has 1 amide bonds. The molecule has 0 spiro atoms. The third-order valence-electron chi connectivity index (χ3n) is 2.57. The van der Waals surface area contributed by atoms with Gasteiger partial charge in [-0.05, 0) is 13.0 Å². The zero-order valence-electron chi connectivity index (χ0n) is 9.68. The fraction of sp³-hybridized carbons (Fsp3) is 0.364. The van der Waals surface area contributed by atoms with E-state index in [0.717, 1.165) is 4.90 Å². The fourth-order valence-electron chi connectivity index (χ4n) is 1.24. The van der Waals surface area contributed by atoms with Crippen LogP contribution in [0.1, 0.15) is 17.3 Å². The lowest BCUT2D eigenvalue weighted by atomic mass is 10.1. The highest BCUT2D eigenvalue weighted by Crippen LogP contribution is 2.26. The second-order valence-electron chi connectivity index (χ2n) is 3.80. The lowest BCUT2D eigenvalue weighted by molar-refractivity contribution is 0.0751. The van der Waals surface area contributed by atoms with E-state index in [1.54, 1.807) is 6.92 Å². The molecular weight excluding hydrogens is 315 g/mol. The summed E-state index contributed by atoms with van der Waals surface area (Å²) >= 11 is 3.14. The van der Waals surface area contributed by atoms with Gasteiger partial charge in [0.25, 0.3) is 5.91 Å². The van der Waals surface area contributed by atoms with Crippen LogP contribution in [0.4, 0.5) is 13.2 Å². The van der Waals surface area contributed by atoms with Crippen LogP contribution < -0.4 is 0 Å². The van der Waals surface area contributed by atoms with E-state index in [4.69, 9.17) is 5.11 Å². The van der Waals surface area contributed by atoms with E-state index in [-0.39, 0.29) is 6.04 Å². The molecule has 0 bridgehead atoms. The number of amides is 1. The normalized spacial score (nSPS) is 12.3. The molecule has 0 aromatic heterocycles. The van der Waals surface area contributed by atoms with Crippen LogP contribution in [0.5, 0.6) is 5.75 Å². The largest absolute Gasteiger partial charge is 0.503 e. The Kier molecular flexibility index (Phi) is 4.61. The summed E-state index contributed by atoms with van der Waals surface area (Å²) in [7, 11) is 1.39. The Morgan fingerprint density at radius 3 is 2.50 bits per heavy atom. The molecule has 0 aliphatic carbocycles. The van der Waals surface area contributed by atoms with Gasteiger partial charge in [-0.3, -0.25) is 4.79 Å². The maximum absolute atomic E-state index is 13.5. The highest BCUT2D eigenvalue weighted by atomic mass is 79.9. The van der Waals surface area contributed by atoms with Crippen LogP contribution in [0.3, 0.4) is 0 Å². The lowest BCUT2D eigenvalue weighted by Crippen LogP contribution is -2.36. The number of alkyl halides is 1. The van der Waals surface area contributed by atoms with E-state index in [1.165, 1.54) is 7.05 Å². The maximum atomic E-state index is 13.5. The predicted octanol–water partition coefficient (Wildman–Crippen LogP) is 2.66. The Morgan fingerprint density at radius 1 is 1.44 bits per heavy atom. The minimum atomic E-state index is -1.71. The Hall–Kier alpha value is -1.24. The Balaban J connectivity index is 3.22. The summed E-state index contributed by atoms with van der Waals surface area (Å²) in [4.78, 5) is 13.0. The van der Waals surface area contributed by atoms with Crippen molar-refractivity contribution in [3.05, 3.63) is 29.1 Å². The van der Waals surface area contributed by atoms with Crippen LogP contribution >= 0.6 is 15.9 Å². The third-order valence-corrected chi connectivity index (χ3v) is 3.51. The number of rotatable bonds is 3. The first-order valence-electron chi connectivity index (χ1n) is 5.00. The Labute approximate surface area is 110 Å². The summed E-state index contributed by atoms with van der Waals surface area (Å²) in [6.45, 7) is 1.68. The number of carbonyl (C=O) groups excluding carboxylic acids is 1. The van der Waals surface area contributed by atoms with Gasteiger partial charge in [0.1, 0.15) is 0 Å². The molecule has 1 aromatic carbocycles. The van der Waals surface area contributed by atoms with Crippen LogP contribution in [0.25, 0.3) is 0 Å². The van der Waals surface area contributed by atoms with Crippen LogP contribution in [-0.4, -0.2) is 34.3 Å². The number of halogens is 4. The van der Waals surface area contributed by atoms with Gasteiger partial charge in [-0.15, -0.1) is 0 Å². The maximum Gasteiger partial charge on any atom is 0.257 e. The molecular formula is C11H11BrF3NO2. The van der Waals surface area contributed by atoms with Crippen molar-refractivity contribution in [1.29, 1.82) is 0 Å². The van der Waals surface area contributed by atoms with Crippen molar-refractivity contribution in [2.45, 2.75) is 13.0 Å². The van der Waals surface area contributed by atoms with Crippen molar-refractivity contribution in [2.75, 3.05) is 12.4 Å². The van der Waals surface area contributed by atoms with Gasteiger partial charge in [-0.25, -0.2) is 8.78 Å². The first-order valence-corrected chi connectivity index (χ1v) is 6.13. The second-order valence-corrected chi connectivity index (χ2v) is 4.45. The zero-order chi connectivity index (χ0) is 14.0. The highest BCUT2D eigenvalue weighted by Gasteiger charge is 2.25. The average Bonchev–Trinajstić information content (AvgIpc) is 2.37. The number of hydrogen-bond donors (Lipinski definition) is 1. The fourth-order valence-corrected chi connectivity index (χ4v) is 1.67. The van der Waals surface area contributed by atoms with Crippen molar-refractivity contribution < 1.29 is 23.1 Å². The molecule has 1 aromatic rings. The summed E-state index contributed by atoms with van der Waals surface area (Å²) in [5.41, 5.74) is -0.707. The number of hydrogen-bond acceptors (Lipinski definition) is 2. The summed E-state index contributed by atoms with van der Waals surface area (Å²) in [5, 5.41) is 9.46. The van der Waals surface area contributed by atoms with Gasteiger partial charge >= 0.3 is 0 Å². The van der Waals surface area contributed by atoms with Crippen LogP contribution in [-0.2, 0) is 0 Å². The summed E-state index contributed by atoms with van der Waals surface area (Å²) in [6.07, 6.45) is 0. The second kappa shape index (κ2) is 5.60. The van der Waals surface area contributed by atoms with Gasteiger partial charge in [-0.2, -0.15) is 4.39 Å². The van der Waals surface area contributed by atoms with Crippen molar-refractivity contribution in [2.24, 2.45) is 0 Å². The minimum absolute atomic E-state index is 0.271. The molecule has 1 rings (SSSR count). The molecule has 0 heterocycles. The van der Waals surface area contributed by atoms with E-state index >= 15 is 0 Å². The quantitative estimate of drug-likeness (QED) is 0.685. The number of phenols is 1. The van der Waals surface area contributed by atoms with Crippen molar-refractivity contribution in [1.82, 2.24) is 4.90 Å². The van der Waals surface area contributed by atoms with Gasteiger partial charge in [0.05, 0.1) is 5.56 Å². The molecule has 0 aliphatic rings. The summed E-state index contributed by atoms with van der Waals surface area (Å²) in [5.74, 6) is -6.98. The molecule has 0 radical (unpaired) electrons. The van der Waals surface area contributed by atoms with Gasteiger partial charge in [0, 0.05) is 18.4 Å². The van der Waals surface area contributed by atoms with Crippen LogP contribution in [0.2, 0.25) is 0 Å². The van der Waals surface area contributed by atoms with Gasteiger partial charge in [0.2, 0.25) is 5.82 Å². The molecule has 18 heavy (non-hydrogen) atoms. The van der Waals surface area contributed by atoms with Crippen LogP contribution in [0.15, 0.2) is 6.07 Å². The van der Waals surface area contributed by atoms with Gasteiger partial charge in [-0.1, -0.05) is 15.9 Å². The molecule has 0 saturated heterocycles. The molecule has 0 aliphatic heterocycles. The zero-order valence-corrected chi connectivity index (χ0v) is 11.3. The molecule has 7 heteroatoms. The number of benzene rings is 1. The highest BCUT2D eigenvalue weighted by molar-refractivity contribution is 9.09. The molecule has 0 saturated carbocycles. The van der Waals surface area contributed by atoms with E-state index in [1.807, 2.05) is 0 Å². The number of carbonyl (C=O) groups is 1. The SMILES string of the molecule is CC(CBr)N(C)C(=O)c1cc(F)c(F)c(O)c1F. The van der Waals surface area contributed by atoms with Gasteiger partial charge in [0.15, 0.2) is 17.4 Å². The van der Waals surface area contributed by atoms with Crippen molar-refractivity contribution in [3.63, 3.8) is 0 Å². The van der Waals surface area contributed by atoms with Crippen molar-refractivity contribution in [3.8, 4) is 5.75 Å². The van der Waals surface area contributed by atoms with E-state index < -0.39 is 34.7 Å². The first-order chi connectivity index (χ1) is 8.31. The van der Waals surface area contributed by atoms with Crippen molar-refractivity contribution >= 4 is 21.8 Å². The molecule has 100 valence electrons. The Morgan fingerprint density at radius 2 is 2.00 bits per heavy atom. The smallest absolute Gasteiger partial charge is 0.257 e. The number of phenolic OH excluding ortho intramolecular Hbond substituents is 1. The number of nitrogens with zero attached hydrogens (tertiary/aromatic N) is 1. The topological polar surface area (TPSA) is 40.5 Å².